The van der Waals surface area contributed by atoms with Gasteiger partial charge in [-0.15, -0.1) is 0 Å². The Labute approximate surface area is 119 Å². The molecular weight excluding hydrogens is 263 g/mol. The molecule has 98 valence electrons. The topological polar surface area (TPSA) is 100 Å². The maximum atomic E-state index is 10.2. The standard InChI is InChI=1S/2C6H5NO2.Al.3H/c2*8-6(9)5-2-1-3-7-4-5;;;;/h2*1-4H,(H,8,9);;;;. The summed E-state index contributed by atoms with van der Waals surface area (Å²) in [6.45, 7) is 0. The summed E-state index contributed by atoms with van der Waals surface area (Å²) in [5.74, 6) is -1.88. The van der Waals surface area contributed by atoms with E-state index < -0.39 is 11.9 Å². The van der Waals surface area contributed by atoms with Crippen LogP contribution >= 0.6 is 0 Å². The maximum absolute atomic E-state index is 10.2. The van der Waals surface area contributed by atoms with E-state index in [9.17, 15) is 9.59 Å². The van der Waals surface area contributed by atoms with E-state index in [0.29, 0.717) is 0 Å². The lowest BCUT2D eigenvalue weighted by Gasteiger charge is -1.87. The number of carbonyl (C=O) groups is 2. The first-order valence-electron chi connectivity index (χ1n) is 4.88. The van der Waals surface area contributed by atoms with Gasteiger partial charge in [0.2, 0.25) is 0 Å². The Balaban J connectivity index is 0.000000324. The molecule has 0 fully saturated rings. The van der Waals surface area contributed by atoms with Crippen molar-refractivity contribution in [3.8, 4) is 0 Å². The molecule has 0 aliphatic rings. The molecular formula is C12H13AlN2O4. The minimum absolute atomic E-state index is 0. The van der Waals surface area contributed by atoms with Crippen molar-refractivity contribution in [3.05, 3.63) is 60.2 Å². The van der Waals surface area contributed by atoms with Crippen molar-refractivity contribution in [2.24, 2.45) is 0 Å². The Bertz CT molecular complexity index is 470. The second-order valence-electron chi connectivity index (χ2n) is 3.09. The molecule has 0 amide bonds. The third-order valence-corrected chi connectivity index (χ3v) is 1.82. The van der Waals surface area contributed by atoms with Gasteiger partial charge in [-0.3, -0.25) is 9.97 Å². The molecule has 0 atom stereocenters. The van der Waals surface area contributed by atoms with Gasteiger partial charge in [-0.05, 0) is 24.3 Å². The van der Waals surface area contributed by atoms with Gasteiger partial charge in [-0.25, -0.2) is 9.59 Å². The van der Waals surface area contributed by atoms with E-state index in [1.165, 1.54) is 36.9 Å². The number of aromatic carboxylic acids is 2. The average Bonchev–Trinajstić information content (AvgIpc) is 2.41. The van der Waals surface area contributed by atoms with E-state index in [0.717, 1.165) is 0 Å². The van der Waals surface area contributed by atoms with Crippen LogP contribution < -0.4 is 0 Å². The summed E-state index contributed by atoms with van der Waals surface area (Å²) in [7, 11) is 0. The van der Waals surface area contributed by atoms with Crippen molar-refractivity contribution in [1.29, 1.82) is 0 Å². The van der Waals surface area contributed by atoms with Gasteiger partial charge in [-0.2, -0.15) is 0 Å². The Morgan fingerprint density at radius 1 is 0.842 bits per heavy atom. The minimum atomic E-state index is -0.942. The summed E-state index contributed by atoms with van der Waals surface area (Å²) in [6, 6.07) is 6.16. The van der Waals surface area contributed by atoms with Crippen LogP contribution in [0.2, 0.25) is 0 Å². The maximum Gasteiger partial charge on any atom is 0.337 e. The van der Waals surface area contributed by atoms with Crippen molar-refractivity contribution >= 4 is 29.3 Å². The highest BCUT2D eigenvalue weighted by atomic mass is 27.0. The Morgan fingerprint density at radius 2 is 1.21 bits per heavy atom. The van der Waals surface area contributed by atoms with Gasteiger partial charge in [0.25, 0.3) is 0 Å². The summed E-state index contributed by atoms with van der Waals surface area (Å²) in [4.78, 5) is 27.6. The monoisotopic (exact) mass is 276 g/mol. The average molecular weight is 276 g/mol. The zero-order valence-corrected chi connectivity index (χ0v) is 9.22. The molecule has 0 radical (unpaired) electrons. The lowest BCUT2D eigenvalue weighted by atomic mass is 10.3. The molecule has 6 nitrogen and oxygen atoms in total. The van der Waals surface area contributed by atoms with Crippen LogP contribution in [-0.4, -0.2) is 49.5 Å². The lowest BCUT2D eigenvalue weighted by molar-refractivity contribution is 0.0685. The smallest absolute Gasteiger partial charge is 0.337 e. The van der Waals surface area contributed by atoms with Gasteiger partial charge < -0.3 is 10.2 Å². The number of hydrogen-bond acceptors (Lipinski definition) is 4. The Kier molecular flexibility index (Phi) is 7.77. The van der Waals surface area contributed by atoms with E-state index in [-0.39, 0.29) is 28.5 Å². The van der Waals surface area contributed by atoms with Crippen LogP contribution in [0.5, 0.6) is 0 Å². The molecule has 7 heteroatoms. The van der Waals surface area contributed by atoms with Crippen LogP contribution in [0.15, 0.2) is 49.1 Å². The fraction of sp³-hybridized carbons (Fsp3) is 0. The van der Waals surface area contributed by atoms with Crippen LogP contribution in [0, 0.1) is 0 Å². The zero-order chi connectivity index (χ0) is 13.4. The van der Waals surface area contributed by atoms with Gasteiger partial charge in [0.05, 0.1) is 11.1 Å². The predicted molar refractivity (Wildman–Crippen MR) is 72.3 cm³/mol. The van der Waals surface area contributed by atoms with Gasteiger partial charge >= 0.3 is 11.9 Å². The number of hydrogen-bond donors (Lipinski definition) is 2. The molecule has 0 unspecified atom stereocenters. The SMILES string of the molecule is O=C(O)c1cccnc1.O=C(O)c1cccnc1.[AlH3]. The van der Waals surface area contributed by atoms with Crippen LogP contribution in [0.25, 0.3) is 0 Å². The van der Waals surface area contributed by atoms with Crippen molar-refractivity contribution in [2.45, 2.75) is 0 Å². The first-order valence-corrected chi connectivity index (χ1v) is 4.88. The van der Waals surface area contributed by atoms with Crippen LogP contribution in [0.4, 0.5) is 0 Å². The molecule has 0 saturated heterocycles. The summed E-state index contributed by atoms with van der Waals surface area (Å²) in [6.07, 6.45) is 5.68. The fourth-order valence-electron chi connectivity index (χ4n) is 0.979. The molecule has 19 heavy (non-hydrogen) atoms. The lowest BCUT2D eigenvalue weighted by Crippen LogP contribution is -1.94. The molecule has 2 aromatic rings. The van der Waals surface area contributed by atoms with Crippen molar-refractivity contribution in [1.82, 2.24) is 9.97 Å². The zero-order valence-electron chi connectivity index (χ0n) is 9.22. The van der Waals surface area contributed by atoms with Gasteiger partial charge in [0.15, 0.2) is 17.4 Å². The van der Waals surface area contributed by atoms with E-state index in [1.807, 2.05) is 0 Å². The number of carboxylic acids is 2. The van der Waals surface area contributed by atoms with Crippen molar-refractivity contribution in [3.63, 3.8) is 0 Å². The molecule has 2 rings (SSSR count). The number of pyridine rings is 2. The molecule has 0 aromatic carbocycles. The Morgan fingerprint density at radius 3 is 1.37 bits per heavy atom. The van der Waals surface area contributed by atoms with Crippen molar-refractivity contribution < 1.29 is 19.8 Å². The second kappa shape index (κ2) is 8.80. The van der Waals surface area contributed by atoms with Crippen LogP contribution in [0.1, 0.15) is 20.7 Å². The summed E-state index contributed by atoms with van der Waals surface area (Å²) >= 11 is 0. The summed E-state index contributed by atoms with van der Waals surface area (Å²) in [5, 5.41) is 16.7. The first-order chi connectivity index (χ1) is 8.61. The molecule has 0 aliphatic heterocycles. The normalized spacial score (nSPS) is 8.42. The van der Waals surface area contributed by atoms with Gasteiger partial charge in [-0.1, -0.05) is 0 Å². The van der Waals surface area contributed by atoms with Crippen LogP contribution in [-0.2, 0) is 0 Å². The predicted octanol–water partition coefficient (Wildman–Crippen LogP) is 0.376. The third kappa shape index (κ3) is 6.31. The molecule has 2 N–H and O–H groups in total. The van der Waals surface area contributed by atoms with E-state index >= 15 is 0 Å². The third-order valence-electron chi connectivity index (χ3n) is 1.82. The highest BCUT2D eigenvalue weighted by Gasteiger charge is 1.98. The molecule has 2 aromatic heterocycles. The van der Waals surface area contributed by atoms with Crippen LogP contribution in [0.3, 0.4) is 0 Å². The highest BCUT2D eigenvalue weighted by molar-refractivity contribution is 5.87. The fourth-order valence-corrected chi connectivity index (χ4v) is 0.979. The number of rotatable bonds is 2. The summed E-state index contributed by atoms with van der Waals surface area (Å²) in [5.41, 5.74) is 0.440. The first kappa shape index (κ1) is 16.8. The molecule has 0 aliphatic carbocycles. The molecule has 2 heterocycles. The molecule has 0 spiro atoms. The van der Waals surface area contributed by atoms with E-state index in [4.69, 9.17) is 10.2 Å². The molecule has 0 bridgehead atoms. The van der Waals surface area contributed by atoms with Crippen molar-refractivity contribution in [2.75, 3.05) is 0 Å². The summed E-state index contributed by atoms with van der Waals surface area (Å²) < 4.78 is 0. The van der Waals surface area contributed by atoms with E-state index in [2.05, 4.69) is 9.97 Å². The molecule has 0 saturated carbocycles. The minimum Gasteiger partial charge on any atom is -0.478 e. The largest absolute Gasteiger partial charge is 0.478 e. The number of aromatic nitrogens is 2. The second-order valence-corrected chi connectivity index (χ2v) is 3.09. The highest BCUT2D eigenvalue weighted by Crippen LogP contribution is 1.93. The number of carboxylic acid groups (broad SMARTS) is 2. The van der Waals surface area contributed by atoms with Gasteiger partial charge in [0.1, 0.15) is 0 Å². The van der Waals surface area contributed by atoms with Gasteiger partial charge in [0, 0.05) is 24.8 Å². The number of nitrogens with zero attached hydrogens (tertiary/aromatic N) is 2. The van der Waals surface area contributed by atoms with E-state index in [1.54, 1.807) is 12.1 Å². The quantitative estimate of drug-likeness (QED) is 0.769. The Hall–Kier alpha value is -2.23.